The van der Waals surface area contributed by atoms with Crippen molar-refractivity contribution in [1.82, 2.24) is 4.98 Å². The van der Waals surface area contributed by atoms with Crippen molar-refractivity contribution in [3.63, 3.8) is 0 Å². The molecule has 0 aliphatic rings. The first-order chi connectivity index (χ1) is 7.04. The van der Waals surface area contributed by atoms with Gasteiger partial charge in [0.05, 0.1) is 12.7 Å². The molecule has 2 N–H and O–H groups in total. The fraction of sp³-hybridized carbons (Fsp3) is 0.500. The Morgan fingerprint density at radius 1 is 1.60 bits per heavy atom. The Morgan fingerprint density at radius 2 is 2.27 bits per heavy atom. The second-order valence-corrected chi connectivity index (χ2v) is 4.44. The average molecular weight is 275 g/mol. The van der Waals surface area contributed by atoms with E-state index in [1.54, 1.807) is 13.1 Å². The highest BCUT2D eigenvalue weighted by Gasteiger charge is 2.10. The number of halogens is 1. The number of likely N-dealkylation sites (N-methyl/N-ethyl adjacent to an activating group) is 1. The van der Waals surface area contributed by atoms with Gasteiger partial charge in [0.15, 0.2) is 0 Å². The van der Waals surface area contributed by atoms with Crippen molar-refractivity contribution >= 4 is 21.7 Å². The van der Waals surface area contributed by atoms with Gasteiger partial charge in [0, 0.05) is 29.8 Å². The smallest absolute Gasteiger partial charge is 0.133 e. The van der Waals surface area contributed by atoms with Crippen LogP contribution in [0.1, 0.15) is 12.5 Å². The first-order valence-electron chi connectivity index (χ1n) is 4.69. The molecule has 1 atom stereocenters. The molecule has 4 nitrogen and oxygen atoms in total. The first kappa shape index (κ1) is 12.4. The molecule has 0 fully saturated rings. The third kappa shape index (κ3) is 3.44. The highest BCUT2D eigenvalue weighted by molar-refractivity contribution is 9.10. The summed E-state index contributed by atoms with van der Waals surface area (Å²) in [6.07, 6.45) is 1.25. The van der Waals surface area contributed by atoms with Gasteiger partial charge in [-0.3, -0.25) is 0 Å². The lowest BCUT2D eigenvalue weighted by Gasteiger charge is -2.22. The molecule has 0 aromatic carbocycles. The number of aromatic nitrogens is 1. The summed E-state index contributed by atoms with van der Waals surface area (Å²) in [6, 6.07) is 1.82. The van der Waals surface area contributed by atoms with Gasteiger partial charge in [-0.2, -0.15) is 0 Å². The van der Waals surface area contributed by atoms with Crippen molar-refractivity contribution in [2.75, 3.05) is 18.5 Å². The van der Waals surface area contributed by atoms with E-state index in [4.69, 9.17) is 0 Å². The van der Waals surface area contributed by atoms with Crippen LogP contribution in [-0.4, -0.2) is 34.9 Å². The summed E-state index contributed by atoms with van der Waals surface area (Å²) in [7, 11) is 1.84. The molecule has 0 aliphatic heterocycles. The number of anilines is 1. The zero-order valence-electron chi connectivity index (χ0n) is 8.81. The monoisotopic (exact) mass is 274 g/mol. The van der Waals surface area contributed by atoms with Crippen molar-refractivity contribution in [1.29, 1.82) is 0 Å². The Bertz CT molecular complexity index is 331. The van der Waals surface area contributed by atoms with Crippen molar-refractivity contribution < 1.29 is 10.2 Å². The van der Waals surface area contributed by atoms with Gasteiger partial charge in [-0.25, -0.2) is 4.98 Å². The lowest BCUT2D eigenvalue weighted by atomic mass is 10.2. The molecule has 15 heavy (non-hydrogen) atoms. The number of nitrogens with zero attached hydrogens (tertiary/aromatic N) is 2. The van der Waals surface area contributed by atoms with Crippen molar-refractivity contribution in [3.8, 4) is 0 Å². The van der Waals surface area contributed by atoms with Gasteiger partial charge in [0.2, 0.25) is 0 Å². The minimum atomic E-state index is -0.424. The van der Waals surface area contributed by atoms with E-state index >= 15 is 0 Å². The SMILES string of the molecule is CC(O)CN(C)c1ncc(Br)cc1CO. The molecule has 5 heteroatoms. The third-order valence-electron chi connectivity index (χ3n) is 1.98. The maximum atomic E-state index is 9.26. The summed E-state index contributed by atoms with van der Waals surface area (Å²) in [6.45, 7) is 2.14. The maximum absolute atomic E-state index is 9.26. The van der Waals surface area contributed by atoms with Crippen molar-refractivity contribution in [3.05, 3.63) is 22.3 Å². The third-order valence-corrected chi connectivity index (χ3v) is 2.41. The second-order valence-electron chi connectivity index (χ2n) is 3.52. The highest BCUT2D eigenvalue weighted by Crippen LogP contribution is 2.20. The van der Waals surface area contributed by atoms with Crippen LogP contribution >= 0.6 is 15.9 Å². The molecule has 0 aliphatic carbocycles. The van der Waals surface area contributed by atoms with E-state index in [9.17, 15) is 10.2 Å². The molecule has 1 rings (SSSR count). The maximum Gasteiger partial charge on any atom is 0.133 e. The first-order valence-corrected chi connectivity index (χ1v) is 5.48. The highest BCUT2D eigenvalue weighted by atomic mass is 79.9. The summed E-state index contributed by atoms with van der Waals surface area (Å²) >= 11 is 3.30. The van der Waals surface area contributed by atoms with Crippen LogP contribution < -0.4 is 4.90 Å². The molecule has 0 bridgehead atoms. The minimum absolute atomic E-state index is 0.0636. The molecule has 1 aromatic heterocycles. The molecule has 84 valence electrons. The van der Waals surface area contributed by atoms with E-state index in [1.807, 2.05) is 18.0 Å². The van der Waals surface area contributed by atoms with E-state index in [0.717, 1.165) is 10.0 Å². The normalized spacial score (nSPS) is 12.6. The van der Waals surface area contributed by atoms with E-state index in [0.29, 0.717) is 12.4 Å². The number of pyridine rings is 1. The molecular weight excluding hydrogens is 260 g/mol. The second kappa shape index (κ2) is 5.44. The summed E-state index contributed by atoms with van der Waals surface area (Å²) in [5.74, 6) is 0.696. The number of rotatable bonds is 4. The average Bonchev–Trinajstić information content (AvgIpc) is 2.16. The Balaban J connectivity index is 2.92. The molecule has 1 unspecified atom stereocenters. The number of hydrogen-bond acceptors (Lipinski definition) is 4. The lowest BCUT2D eigenvalue weighted by molar-refractivity contribution is 0.201. The standard InChI is InChI=1S/C10H15BrN2O2/c1-7(15)5-13(2)10-8(6-14)3-9(11)4-12-10/h3-4,7,14-15H,5-6H2,1-2H3. The molecule has 0 amide bonds. The van der Waals surface area contributed by atoms with Crippen LogP contribution in [0.15, 0.2) is 16.7 Å². The van der Waals surface area contributed by atoms with Crippen LogP contribution in [0, 0.1) is 0 Å². The molecular formula is C10H15BrN2O2. The Morgan fingerprint density at radius 3 is 2.80 bits per heavy atom. The molecule has 0 radical (unpaired) electrons. The van der Waals surface area contributed by atoms with Gasteiger partial charge in [-0.05, 0) is 28.9 Å². The zero-order chi connectivity index (χ0) is 11.4. The lowest BCUT2D eigenvalue weighted by Crippen LogP contribution is -2.28. The minimum Gasteiger partial charge on any atom is -0.392 e. The van der Waals surface area contributed by atoms with Crippen molar-refractivity contribution in [2.45, 2.75) is 19.6 Å². The van der Waals surface area contributed by atoms with Crippen LogP contribution in [0.4, 0.5) is 5.82 Å². The summed E-state index contributed by atoms with van der Waals surface area (Å²) in [5, 5.41) is 18.4. The molecule has 0 saturated carbocycles. The summed E-state index contributed by atoms with van der Waals surface area (Å²) < 4.78 is 0.834. The Kier molecular flexibility index (Phi) is 4.50. The summed E-state index contributed by atoms with van der Waals surface area (Å²) in [5.41, 5.74) is 0.743. The van der Waals surface area contributed by atoms with Gasteiger partial charge >= 0.3 is 0 Å². The number of hydrogen-bond donors (Lipinski definition) is 2. The fourth-order valence-electron chi connectivity index (χ4n) is 1.42. The van der Waals surface area contributed by atoms with Crippen molar-refractivity contribution in [2.24, 2.45) is 0 Å². The van der Waals surface area contributed by atoms with Crippen LogP contribution in [0.25, 0.3) is 0 Å². The van der Waals surface area contributed by atoms with Crippen LogP contribution in [-0.2, 0) is 6.61 Å². The summed E-state index contributed by atoms with van der Waals surface area (Å²) in [4.78, 5) is 6.03. The Hall–Kier alpha value is -0.650. The number of aliphatic hydroxyl groups excluding tert-OH is 2. The van der Waals surface area contributed by atoms with Crippen LogP contribution in [0.2, 0.25) is 0 Å². The van der Waals surface area contributed by atoms with Gasteiger partial charge in [-0.15, -0.1) is 0 Å². The zero-order valence-corrected chi connectivity index (χ0v) is 10.4. The number of aliphatic hydroxyl groups is 2. The predicted molar refractivity (Wildman–Crippen MR) is 62.8 cm³/mol. The molecule has 1 heterocycles. The quantitative estimate of drug-likeness (QED) is 0.865. The van der Waals surface area contributed by atoms with E-state index in [2.05, 4.69) is 20.9 Å². The van der Waals surface area contributed by atoms with Gasteiger partial charge < -0.3 is 15.1 Å². The van der Waals surface area contributed by atoms with Gasteiger partial charge in [0.1, 0.15) is 5.82 Å². The topological polar surface area (TPSA) is 56.6 Å². The van der Waals surface area contributed by atoms with Crippen LogP contribution in [0.3, 0.4) is 0 Å². The van der Waals surface area contributed by atoms with Gasteiger partial charge in [-0.1, -0.05) is 0 Å². The van der Waals surface area contributed by atoms with E-state index in [1.165, 1.54) is 0 Å². The molecule has 0 saturated heterocycles. The molecule has 0 spiro atoms. The fourth-order valence-corrected chi connectivity index (χ4v) is 1.80. The largest absolute Gasteiger partial charge is 0.392 e. The predicted octanol–water partition coefficient (Wildman–Crippen LogP) is 1.15. The van der Waals surface area contributed by atoms with E-state index < -0.39 is 6.10 Å². The van der Waals surface area contributed by atoms with Gasteiger partial charge in [0.25, 0.3) is 0 Å². The van der Waals surface area contributed by atoms with E-state index in [-0.39, 0.29) is 6.61 Å². The Labute approximate surface area is 97.7 Å². The molecule has 1 aromatic rings. The van der Waals surface area contributed by atoms with Crippen LogP contribution in [0.5, 0.6) is 0 Å².